The number of hydrazone groups is 1. The van der Waals surface area contributed by atoms with E-state index < -0.39 is 4.92 Å². The van der Waals surface area contributed by atoms with Crippen LogP contribution in [0.15, 0.2) is 58.0 Å². The average Bonchev–Trinajstić information content (AvgIpc) is 2.72. The Kier molecular flexibility index (Phi) is 4.75. The maximum absolute atomic E-state index is 10.7. The normalized spacial score (nSPS) is 15.7. The van der Waals surface area contributed by atoms with Gasteiger partial charge in [-0.1, -0.05) is 11.8 Å². The minimum Gasteiger partial charge on any atom is -0.486 e. The Labute approximate surface area is 158 Å². The summed E-state index contributed by atoms with van der Waals surface area (Å²) in [7, 11) is 0. The van der Waals surface area contributed by atoms with Crippen molar-refractivity contribution in [1.29, 1.82) is 0 Å². The van der Waals surface area contributed by atoms with E-state index in [1.165, 1.54) is 23.9 Å². The number of nitro benzene ring substituents is 1. The van der Waals surface area contributed by atoms with E-state index in [-0.39, 0.29) is 5.69 Å². The van der Waals surface area contributed by atoms with Gasteiger partial charge in [-0.3, -0.25) is 15.5 Å². The molecule has 1 N–H and O–H groups in total. The molecule has 0 radical (unpaired) electrons. The predicted octanol–water partition coefficient (Wildman–Crippen LogP) is 3.39. The highest BCUT2D eigenvalue weighted by Gasteiger charge is 2.15. The van der Waals surface area contributed by atoms with E-state index >= 15 is 0 Å². The highest BCUT2D eigenvalue weighted by molar-refractivity contribution is 8.16. The van der Waals surface area contributed by atoms with Crippen molar-refractivity contribution in [2.75, 3.05) is 13.2 Å². The minimum atomic E-state index is -0.434. The van der Waals surface area contributed by atoms with E-state index in [0.29, 0.717) is 18.4 Å². The molecular weight excluding hydrogens is 368 g/mol. The van der Waals surface area contributed by atoms with Gasteiger partial charge in [0.1, 0.15) is 13.2 Å². The van der Waals surface area contributed by atoms with Gasteiger partial charge in [-0.2, -0.15) is 0 Å². The summed E-state index contributed by atoms with van der Waals surface area (Å²) in [4.78, 5) is 14.5. The minimum absolute atomic E-state index is 0.0465. The second-order valence-electron chi connectivity index (χ2n) is 5.62. The van der Waals surface area contributed by atoms with Crippen LogP contribution in [0.2, 0.25) is 0 Å². The molecule has 0 spiro atoms. The number of nitrogens with one attached hydrogen (secondary N) is 1. The summed E-state index contributed by atoms with van der Waals surface area (Å²) in [5, 5.41) is 17.4. The highest BCUT2D eigenvalue weighted by atomic mass is 32.2. The molecule has 136 valence electrons. The largest absolute Gasteiger partial charge is 0.486 e. The second kappa shape index (κ2) is 7.50. The summed E-state index contributed by atoms with van der Waals surface area (Å²) in [6.45, 7) is 1.10. The third-order valence-electron chi connectivity index (χ3n) is 3.84. The third kappa shape index (κ3) is 3.93. The molecule has 2 heterocycles. The van der Waals surface area contributed by atoms with E-state index in [0.717, 1.165) is 28.3 Å². The van der Waals surface area contributed by atoms with Gasteiger partial charge in [-0.15, -0.1) is 5.10 Å². The van der Waals surface area contributed by atoms with Crippen LogP contribution in [0.4, 0.5) is 5.69 Å². The quantitative estimate of drug-likeness (QED) is 0.496. The number of ether oxygens (including phenoxy) is 2. The first-order valence-corrected chi connectivity index (χ1v) is 8.96. The van der Waals surface area contributed by atoms with Crippen molar-refractivity contribution in [2.24, 2.45) is 10.1 Å². The monoisotopic (exact) mass is 382 g/mol. The summed E-state index contributed by atoms with van der Waals surface area (Å²) in [6.07, 6.45) is 1.61. The fourth-order valence-corrected chi connectivity index (χ4v) is 3.11. The molecule has 0 atom stereocenters. The van der Waals surface area contributed by atoms with Crippen LogP contribution < -0.4 is 14.9 Å². The highest BCUT2D eigenvalue weighted by Crippen LogP contribution is 2.33. The van der Waals surface area contributed by atoms with Gasteiger partial charge in [0.25, 0.3) is 5.69 Å². The fourth-order valence-electron chi connectivity index (χ4n) is 2.49. The van der Waals surface area contributed by atoms with Gasteiger partial charge in [0.15, 0.2) is 11.5 Å². The lowest BCUT2D eigenvalue weighted by Crippen LogP contribution is -2.16. The number of nitrogens with zero attached hydrogens (tertiary/aromatic N) is 3. The molecule has 0 saturated heterocycles. The zero-order valence-corrected chi connectivity index (χ0v) is 14.8. The molecule has 9 heteroatoms. The number of hydrogen-bond acceptors (Lipinski definition) is 8. The predicted molar refractivity (Wildman–Crippen MR) is 104 cm³/mol. The number of amidine groups is 1. The first-order valence-electron chi connectivity index (χ1n) is 8.08. The van der Waals surface area contributed by atoms with E-state index in [2.05, 4.69) is 15.5 Å². The van der Waals surface area contributed by atoms with E-state index in [4.69, 9.17) is 9.47 Å². The smallest absolute Gasteiger partial charge is 0.269 e. The molecular formula is C18H14N4O4S. The van der Waals surface area contributed by atoms with Crippen molar-refractivity contribution in [3.8, 4) is 11.5 Å². The van der Waals surface area contributed by atoms with Crippen molar-refractivity contribution in [3.63, 3.8) is 0 Å². The van der Waals surface area contributed by atoms with Crippen LogP contribution in [-0.4, -0.2) is 29.5 Å². The van der Waals surface area contributed by atoms with E-state index in [1.807, 2.05) is 23.6 Å². The summed E-state index contributed by atoms with van der Waals surface area (Å²) in [6, 6.07) is 11.9. The Morgan fingerprint density at radius 1 is 1.15 bits per heavy atom. The molecule has 0 aliphatic carbocycles. The fraction of sp³-hybridized carbons (Fsp3) is 0.111. The summed E-state index contributed by atoms with van der Waals surface area (Å²) < 4.78 is 11.1. The van der Waals surface area contributed by atoms with Crippen molar-refractivity contribution in [1.82, 2.24) is 5.43 Å². The van der Waals surface area contributed by atoms with Crippen LogP contribution in [0.1, 0.15) is 11.1 Å². The van der Waals surface area contributed by atoms with Gasteiger partial charge >= 0.3 is 0 Å². The Morgan fingerprint density at radius 3 is 2.63 bits per heavy atom. The Bertz CT molecular complexity index is 970. The lowest BCUT2D eigenvalue weighted by Gasteiger charge is -2.20. The van der Waals surface area contributed by atoms with Crippen molar-refractivity contribution >= 4 is 34.5 Å². The van der Waals surface area contributed by atoms with Crippen LogP contribution in [0.5, 0.6) is 11.5 Å². The first kappa shape index (κ1) is 17.1. The number of benzene rings is 2. The lowest BCUT2D eigenvalue weighted by atomic mass is 10.1. The summed E-state index contributed by atoms with van der Waals surface area (Å²) in [5.41, 5.74) is 5.56. The lowest BCUT2D eigenvalue weighted by molar-refractivity contribution is -0.384. The molecule has 8 nitrogen and oxygen atoms in total. The van der Waals surface area contributed by atoms with Gasteiger partial charge in [-0.25, -0.2) is 4.99 Å². The Hall–Kier alpha value is -3.33. The number of aliphatic imine (C=N–C) groups is 1. The topological polar surface area (TPSA) is 98.4 Å². The molecule has 27 heavy (non-hydrogen) atoms. The molecule has 0 aromatic heterocycles. The standard InChI is InChI=1S/C18H14N4O4S/c23-22(24)14-4-1-12(2-5-14)10-19-18-21-20-15(11-27-18)13-3-6-16-17(9-13)26-8-7-25-16/h1-6,9-11,20H,7-8H2. The van der Waals surface area contributed by atoms with Crippen LogP contribution >= 0.6 is 11.8 Å². The Balaban J connectivity index is 1.41. The second-order valence-corrected chi connectivity index (χ2v) is 6.46. The summed E-state index contributed by atoms with van der Waals surface area (Å²) >= 11 is 1.38. The third-order valence-corrected chi connectivity index (χ3v) is 4.60. The van der Waals surface area contributed by atoms with Gasteiger partial charge in [0.05, 0.1) is 10.6 Å². The number of thioether (sulfide) groups is 1. The molecule has 0 fully saturated rings. The molecule has 2 aliphatic rings. The average molecular weight is 382 g/mol. The van der Waals surface area contributed by atoms with Gasteiger partial charge < -0.3 is 9.47 Å². The van der Waals surface area contributed by atoms with Crippen LogP contribution in [0.25, 0.3) is 5.70 Å². The maximum Gasteiger partial charge on any atom is 0.269 e. The first-order chi connectivity index (χ1) is 13.2. The molecule has 2 aromatic rings. The molecule has 4 rings (SSSR count). The van der Waals surface area contributed by atoms with Gasteiger partial charge in [0, 0.05) is 29.3 Å². The number of fused-ring (bicyclic) bond motifs is 1. The van der Waals surface area contributed by atoms with Crippen LogP contribution in [-0.2, 0) is 0 Å². The number of rotatable bonds is 3. The summed E-state index contributed by atoms with van der Waals surface area (Å²) in [5.74, 6) is 1.46. The van der Waals surface area contributed by atoms with E-state index in [1.54, 1.807) is 18.3 Å². The van der Waals surface area contributed by atoms with Crippen molar-refractivity contribution in [3.05, 3.63) is 69.1 Å². The number of hydrogen-bond donors (Lipinski definition) is 1. The SMILES string of the molecule is O=[N+]([O-])c1ccc(C=NC2=NNC(c3ccc4c(c3)OCCO4)=CS2)cc1. The van der Waals surface area contributed by atoms with Gasteiger partial charge in [0.2, 0.25) is 5.17 Å². The maximum atomic E-state index is 10.7. The molecule has 2 aromatic carbocycles. The number of nitro groups is 1. The van der Waals surface area contributed by atoms with E-state index in [9.17, 15) is 10.1 Å². The molecule has 0 amide bonds. The van der Waals surface area contributed by atoms with Crippen molar-refractivity contribution in [2.45, 2.75) is 0 Å². The van der Waals surface area contributed by atoms with Crippen LogP contribution in [0, 0.1) is 10.1 Å². The van der Waals surface area contributed by atoms with Crippen LogP contribution in [0.3, 0.4) is 0 Å². The zero-order valence-electron chi connectivity index (χ0n) is 14.0. The van der Waals surface area contributed by atoms with Crippen molar-refractivity contribution < 1.29 is 14.4 Å². The molecule has 0 unspecified atom stereocenters. The molecule has 0 bridgehead atoms. The molecule has 2 aliphatic heterocycles. The van der Waals surface area contributed by atoms with Gasteiger partial charge in [-0.05, 0) is 35.9 Å². The zero-order chi connectivity index (χ0) is 18.6. The molecule has 0 saturated carbocycles. The Morgan fingerprint density at radius 2 is 1.93 bits per heavy atom. The number of non-ortho nitro benzene ring substituents is 1.